The molecule has 0 aliphatic rings. The van der Waals surface area contributed by atoms with Gasteiger partial charge in [-0.25, -0.2) is 0 Å². The van der Waals surface area contributed by atoms with E-state index in [1.807, 2.05) is 13.8 Å². The van der Waals surface area contributed by atoms with E-state index < -0.39 is 0 Å². The van der Waals surface area contributed by atoms with E-state index in [1.165, 1.54) is 11.8 Å². The number of hydrogen-bond acceptors (Lipinski definition) is 3. The monoisotopic (exact) mass is 360 g/mol. The molecule has 2 amide bonds. The zero-order valence-corrected chi connectivity index (χ0v) is 15.3. The molecule has 1 N–H and O–H groups in total. The molecule has 0 fully saturated rings. The van der Waals surface area contributed by atoms with E-state index in [1.54, 1.807) is 42.5 Å². The van der Waals surface area contributed by atoms with Crippen LogP contribution < -0.4 is 15.0 Å². The number of carbonyl (C=O) groups excluding carboxylic acids is 2. The van der Waals surface area contributed by atoms with Gasteiger partial charge in [-0.1, -0.05) is 11.6 Å². The standard InChI is InChI=1S/C19H21ClN2O3/c1-4-25-17-8-6-16(7-9-17)21-19(24)12-22(14(3)23)18-10-5-15(20)11-13(18)2/h5-11H,4,12H2,1-3H3,(H,21,24). The van der Waals surface area contributed by atoms with Crippen molar-refractivity contribution in [1.82, 2.24) is 0 Å². The van der Waals surface area contributed by atoms with E-state index in [0.29, 0.717) is 23.0 Å². The number of amides is 2. The van der Waals surface area contributed by atoms with Crippen molar-refractivity contribution in [3.8, 4) is 5.75 Å². The first-order valence-electron chi connectivity index (χ1n) is 7.97. The van der Waals surface area contributed by atoms with Gasteiger partial charge in [-0.2, -0.15) is 0 Å². The fourth-order valence-electron chi connectivity index (χ4n) is 2.43. The molecule has 25 heavy (non-hydrogen) atoms. The highest BCUT2D eigenvalue weighted by atomic mass is 35.5. The van der Waals surface area contributed by atoms with E-state index in [9.17, 15) is 9.59 Å². The molecule has 0 radical (unpaired) electrons. The number of hydrogen-bond donors (Lipinski definition) is 1. The number of aryl methyl sites for hydroxylation is 1. The number of benzene rings is 2. The topological polar surface area (TPSA) is 58.6 Å². The molecule has 5 nitrogen and oxygen atoms in total. The van der Waals surface area contributed by atoms with Crippen LogP contribution in [0.3, 0.4) is 0 Å². The van der Waals surface area contributed by atoms with Gasteiger partial charge in [-0.15, -0.1) is 0 Å². The Bertz CT molecular complexity index is 760. The molecular weight excluding hydrogens is 340 g/mol. The second kappa shape index (κ2) is 8.53. The number of ether oxygens (including phenoxy) is 1. The number of nitrogens with one attached hydrogen (secondary N) is 1. The highest BCUT2D eigenvalue weighted by molar-refractivity contribution is 6.30. The summed E-state index contributed by atoms with van der Waals surface area (Å²) in [4.78, 5) is 25.7. The predicted molar refractivity (Wildman–Crippen MR) is 100 cm³/mol. The Kier molecular flexibility index (Phi) is 6.42. The molecule has 0 aliphatic carbocycles. The molecule has 0 heterocycles. The van der Waals surface area contributed by atoms with Crippen molar-refractivity contribution in [2.45, 2.75) is 20.8 Å². The fraction of sp³-hybridized carbons (Fsp3) is 0.263. The van der Waals surface area contributed by atoms with Crippen LogP contribution in [0.1, 0.15) is 19.4 Å². The lowest BCUT2D eigenvalue weighted by Gasteiger charge is -2.22. The van der Waals surface area contributed by atoms with Crippen LogP contribution >= 0.6 is 11.6 Å². The molecule has 0 spiro atoms. The number of carbonyl (C=O) groups is 2. The number of rotatable bonds is 6. The second-order valence-electron chi connectivity index (χ2n) is 5.54. The van der Waals surface area contributed by atoms with Crippen LogP contribution in [0.4, 0.5) is 11.4 Å². The summed E-state index contributed by atoms with van der Waals surface area (Å²) in [5.74, 6) is 0.239. The molecule has 0 aromatic heterocycles. The molecule has 132 valence electrons. The van der Waals surface area contributed by atoms with Crippen LogP contribution in [-0.2, 0) is 9.59 Å². The predicted octanol–water partition coefficient (Wildman–Crippen LogP) is 4.04. The third-order valence-corrected chi connectivity index (χ3v) is 3.82. The Balaban J connectivity index is 2.08. The molecule has 0 unspecified atom stereocenters. The Morgan fingerprint density at radius 2 is 1.84 bits per heavy atom. The summed E-state index contributed by atoms with van der Waals surface area (Å²) in [7, 11) is 0. The lowest BCUT2D eigenvalue weighted by molar-refractivity contribution is -0.120. The molecule has 0 bridgehead atoms. The summed E-state index contributed by atoms with van der Waals surface area (Å²) < 4.78 is 5.37. The van der Waals surface area contributed by atoms with Crippen molar-refractivity contribution in [1.29, 1.82) is 0 Å². The molecule has 0 saturated heterocycles. The second-order valence-corrected chi connectivity index (χ2v) is 5.98. The number of anilines is 2. The maximum absolute atomic E-state index is 12.3. The maximum atomic E-state index is 12.3. The van der Waals surface area contributed by atoms with Crippen LogP contribution in [-0.4, -0.2) is 25.0 Å². The van der Waals surface area contributed by atoms with Gasteiger partial charge >= 0.3 is 0 Å². The SMILES string of the molecule is CCOc1ccc(NC(=O)CN(C(C)=O)c2ccc(Cl)cc2C)cc1. The fourth-order valence-corrected chi connectivity index (χ4v) is 2.66. The molecular formula is C19H21ClN2O3. The first-order valence-corrected chi connectivity index (χ1v) is 8.35. The molecule has 0 atom stereocenters. The van der Waals surface area contributed by atoms with Crippen LogP contribution in [0.15, 0.2) is 42.5 Å². The minimum absolute atomic E-state index is 0.0784. The van der Waals surface area contributed by atoms with Crippen molar-refractivity contribution in [3.63, 3.8) is 0 Å². The number of halogens is 1. The Labute approximate surface area is 152 Å². The summed E-state index contributed by atoms with van der Waals surface area (Å²) in [5, 5.41) is 3.37. The maximum Gasteiger partial charge on any atom is 0.244 e. The van der Waals surface area contributed by atoms with Gasteiger partial charge in [0.15, 0.2) is 0 Å². The summed E-state index contributed by atoms with van der Waals surface area (Å²) in [6.07, 6.45) is 0. The van der Waals surface area contributed by atoms with Crippen molar-refractivity contribution in [2.75, 3.05) is 23.4 Å². The minimum Gasteiger partial charge on any atom is -0.494 e. The molecule has 6 heteroatoms. The summed E-state index contributed by atoms with van der Waals surface area (Å²) in [6, 6.07) is 12.3. The lowest BCUT2D eigenvalue weighted by Crippen LogP contribution is -2.37. The average molecular weight is 361 g/mol. The van der Waals surface area contributed by atoms with E-state index in [4.69, 9.17) is 16.3 Å². The zero-order valence-electron chi connectivity index (χ0n) is 14.5. The van der Waals surface area contributed by atoms with Crippen molar-refractivity contribution in [2.24, 2.45) is 0 Å². The Morgan fingerprint density at radius 3 is 2.40 bits per heavy atom. The first kappa shape index (κ1) is 18.8. The van der Waals surface area contributed by atoms with Crippen molar-refractivity contribution < 1.29 is 14.3 Å². The molecule has 0 aliphatic heterocycles. The van der Waals surface area contributed by atoms with Gasteiger partial charge in [0.05, 0.1) is 6.61 Å². The van der Waals surface area contributed by atoms with Gasteiger partial charge < -0.3 is 15.0 Å². The van der Waals surface area contributed by atoms with Crippen LogP contribution in [0.5, 0.6) is 5.75 Å². The molecule has 2 aromatic rings. The Hall–Kier alpha value is -2.53. The van der Waals surface area contributed by atoms with Gasteiger partial charge in [-0.05, 0) is 61.9 Å². The van der Waals surface area contributed by atoms with Crippen LogP contribution in [0.2, 0.25) is 5.02 Å². The van der Waals surface area contributed by atoms with E-state index in [-0.39, 0.29) is 18.4 Å². The highest BCUT2D eigenvalue weighted by Crippen LogP contribution is 2.24. The molecule has 2 aromatic carbocycles. The first-order chi connectivity index (χ1) is 11.9. The van der Waals surface area contributed by atoms with Gasteiger partial charge in [0, 0.05) is 23.3 Å². The third-order valence-electron chi connectivity index (χ3n) is 3.58. The van der Waals surface area contributed by atoms with Crippen molar-refractivity contribution in [3.05, 3.63) is 53.1 Å². The average Bonchev–Trinajstić information content (AvgIpc) is 2.55. The lowest BCUT2D eigenvalue weighted by atomic mass is 10.1. The van der Waals surface area contributed by atoms with Gasteiger partial charge in [-0.3, -0.25) is 9.59 Å². The highest BCUT2D eigenvalue weighted by Gasteiger charge is 2.18. The van der Waals surface area contributed by atoms with Crippen LogP contribution in [0.25, 0.3) is 0 Å². The Morgan fingerprint density at radius 1 is 1.16 bits per heavy atom. The third kappa shape index (κ3) is 5.22. The van der Waals surface area contributed by atoms with Gasteiger partial charge in [0.25, 0.3) is 0 Å². The van der Waals surface area contributed by atoms with Crippen LogP contribution in [0, 0.1) is 6.92 Å². The summed E-state index contributed by atoms with van der Waals surface area (Å²) in [6.45, 7) is 5.69. The molecule has 2 rings (SSSR count). The summed E-state index contributed by atoms with van der Waals surface area (Å²) >= 11 is 5.96. The largest absolute Gasteiger partial charge is 0.494 e. The van der Waals surface area contributed by atoms with Crippen molar-refractivity contribution >= 4 is 34.8 Å². The molecule has 0 saturated carbocycles. The quantitative estimate of drug-likeness (QED) is 0.845. The van der Waals surface area contributed by atoms with E-state index in [0.717, 1.165) is 11.3 Å². The zero-order chi connectivity index (χ0) is 18.4. The minimum atomic E-state index is -0.284. The smallest absolute Gasteiger partial charge is 0.244 e. The van der Waals surface area contributed by atoms with E-state index in [2.05, 4.69) is 5.32 Å². The van der Waals surface area contributed by atoms with Gasteiger partial charge in [0.1, 0.15) is 12.3 Å². The van der Waals surface area contributed by atoms with E-state index >= 15 is 0 Å². The van der Waals surface area contributed by atoms with Gasteiger partial charge in [0.2, 0.25) is 11.8 Å². The number of nitrogens with zero attached hydrogens (tertiary/aromatic N) is 1. The normalized spacial score (nSPS) is 10.2. The summed E-state index contributed by atoms with van der Waals surface area (Å²) in [5.41, 5.74) is 2.14.